The number of halogens is 2. The van der Waals surface area contributed by atoms with Gasteiger partial charge < -0.3 is 45.5 Å². The minimum absolute atomic E-state index is 0.0426. The van der Waals surface area contributed by atoms with Gasteiger partial charge in [-0.25, -0.2) is 8.78 Å². The first-order valence-electron chi connectivity index (χ1n) is 27.4. The first-order valence-corrected chi connectivity index (χ1v) is 30.4. The molecule has 4 amide bonds. The number of unbranched alkanes of at least 4 members (excludes halogenated alkanes) is 1. The van der Waals surface area contributed by atoms with Gasteiger partial charge in [-0.2, -0.15) is 0 Å². The smallest absolute Gasteiger partial charge is 0.308 e. The molecule has 0 saturated heterocycles. The highest BCUT2D eigenvalue weighted by Crippen LogP contribution is 2.35. The van der Waals surface area contributed by atoms with Crippen LogP contribution in [-0.2, 0) is 35.1 Å². The van der Waals surface area contributed by atoms with Gasteiger partial charge in [0.25, 0.3) is 0 Å². The summed E-state index contributed by atoms with van der Waals surface area (Å²) < 4.78 is 37.2. The molecule has 3 aromatic carbocycles. The number of carbonyl (C=O) groups excluding carboxylic acids is 5. The molecule has 4 aromatic rings. The van der Waals surface area contributed by atoms with E-state index in [2.05, 4.69) is 40.6 Å². The van der Waals surface area contributed by atoms with E-state index < -0.39 is 56.0 Å². The lowest BCUT2D eigenvalue weighted by Gasteiger charge is -2.37. The number of allylic oxidation sites excluding steroid dienone is 5. The van der Waals surface area contributed by atoms with Crippen molar-refractivity contribution < 1.29 is 42.6 Å². The summed E-state index contributed by atoms with van der Waals surface area (Å²) >= 11 is 0. The minimum Gasteiger partial charge on any atom is -0.508 e. The highest BCUT2D eigenvalue weighted by Gasteiger charge is 2.39. The number of aliphatic hydroxyl groups is 1. The molecule has 14 nitrogen and oxygen atoms in total. The molecule has 424 valence electrons. The Morgan fingerprint density at radius 1 is 0.911 bits per heavy atom. The maximum atomic E-state index is 15.7. The van der Waals surface area contributed by atoms with Crippen LogP contribution in [0.5, 0.6) is 0 Å². The summed E-state index contributed by atoms with van der Waals surface area (Å²) in [5, 5.41) is 22.1. The van der Waals surface area contributed by atoms with Gasteiger partial charge in [-0.3, -0.25) is 24.0 Å². The molecule has 0 unspecified atom stereocenters. The van der Waals surface area contributed by atoms with Gasteiger partial charge in [0.05, 0.1) is 29.9 Å². The Morgan fingerprint density at radius 3 is 2.18 bits per heavy atom. The summed E-state index contributed by atoms with van der Waals surface area (Å²) in [6, 6.07) is 13.3. The van der Waals surface area contributed by atoms with Crippen molar-refractivity contribution in [1.29, 1.82) is 0 Å². The van der Waals surface area contributed by atoms with Crippen LogP contribution in [0.4, 0.5) is 20.2 Å². The number of carbonyl (C=O) groups is 5. The first-order chi connectivity index (χ1) is 37.4. The van der Waals surface area contributed by atoms with Gasteiger partial charge in [0.1, 0.15) is 37.6 Å². The average Bonchev–Trinajstić information content (AvgIpc) is 3.85. The molecular formula is C62H81F2N7O7Si. The molecule has 3 heterocycles. The molecule has 0 bridgehead atoms. The molecule has 0 fully saturated rings. The number of H-pyrrole nitrogens is 1. The number of cyclic esters (lactones) is 1. The Hall–Kier alpha value is -7.27. The van der Waals surface area contributed by atoms with Gasteiger partial charge in [0.2, 0.25) is 23.6 Å². The van der Waals surface area contributed by atoms with Crippen molar-refractivity contribution >= 4 is 75.9 Å². The number of hydrogen-bond donors (Lipinski definition) is 5. The molecular weight excluding hydrogens is 1020 g/mol. The standard InChI is InChI=1S/C62H81F2N7O7Si/c1-13-44(72)28-27-39(3)52-35-59(74)78-41(5)21-18-20-38(2)30-40(4)60(75)67-51(62(77)71(10)55(61(76)68-52)32-43-31-42-22-14-15-24-50(42)66-43)25-16-17-29-65-58(73)26-19-23-45-46-33-48(63)53(69(6)7)36-56(46)79(11,12)57-37-54(70(8)9)49(64)34-47(45)57/h13-15,20,22-24,27-28,31,33-34,36-37,40-41,51-52,55,66,72H,3,16-19,21,25-26,29-30,32,35H2,1-2,4-12H3,(H,65,73)(H,67,75)(H,68,76)/b28-27-,38-20+,44-13+/t40-,41-,51-,52+,55+/m0/s1. The highest BCUT2D eigenvalue weighted by atomic mass is 28.3. The van der Waals surface area contributed by atoms with Crippen LogP contribution in [0.3, 0.4) is 0 Å². The van der Waals surface area contributed by atoms with Crippen molar-refractivity contribution in [2.24, 2.45) is 5.92 Å². The number of nitrogens with one attached hydrogen (secondary N) is 4. The molecule has 5 N–H and O–H groups in total. The zero-order valence-corrected chi connectivity index (χ0v) is 48.9. The molecule has 6 rings (SSSR count). The van der Waals surface area contributed by atoms with Gasteiger partial charge in [-0.1, -0.05) is 68.6 Å². The number of ether oxygens (including phenoxy) is 1. The normalized spacial score (nSPS) is 21.4. The van der Waals surface area contributed by atoms with Crippen LogP contribution in [0.1, 0.15) is 102 Å². The summed E-state index contributed by atoms with van der Waals surface area (Å²) in [7, 11) is 6.26. The molecule has 0 radical (unpaired) electrons. The van der Waals surface area contributed by atoms with E-state index in [0.29, 0.717) is 77.9 Å². The molecule has 0 saturated carbocycles. The third kappa shape index (κ3) is 15.5. The topological polar surface area (TPSA) is 176 Å². The summed E-state index contributed by atoms with van der Waals surface area (Å²) in [5.41, 5.74) is 5.83. The number of aromatic amines is 1. The first kappa shape index (κ1) is 60.9. The van der Waals surface area contributed by atoms with Gasteiger partial charge in [0.15, 0.2) is 0 Å². The van der Waals surface area contributed by atoms with Crippen LogP contribution >= 0.6 is 0 Å². The Morgan fingerprint density at radius 2 is 1.56 bits per heavy atom. The van der Waals surface area contributed by atoms with Crippen LogP contribution in [0.2, 0.25) is 13.1 Å². The van der Waals surface area contributed by atoms with Crippen LogP contribution in [0.15, 0.2) is 108 Å². The van der Waals surface area contributed by atoms with Gasteiger partial charge in [0, 0.05) is 71.8 Å². The molecule has 79 heavy (non-hydrogen) atoms. The number of esters is 1. The van der Waals surface area contributed by atoms with Crippen molar-refractivity contribution in [2.45, 2.75) is 129 Å². The van der Waals surface area contributed by atoms with E-state index in [9.17, 15) is 29.1 Å². The number of amides is 4. The molecule has 5 atom stereocenters. The van der Waals surface area contributed by atoms with E-state index in [4.69, 9.17) is 4.74 Å². The number of aliphatic hydroxyl groups excluding tert-OH is 1. The zero-order valence-electron chi connectivity index (χ0n) is 47.9. The number of aromatic nitrogens is 1. The van der Waals surface area contributed by atoms with Crippen molar-refractivity contribution in [3.05, 3.63) is 137 Å². The van der Waals surface area contributed by atoms with E-state index in [0.717, 1.165) is 26.8 Å². The van der Waals surface area contributed by atoms with Crippen LogP contribution in [0.25, 0.3) is 16.5 Å². The zero-order chi connectivity index (χ0) is 57.9. The fourth-order valence-corrected chi connectivity index (χ4v) is 13.5. The predicted molar refractivity (Wildman–Crippen MR) is 315 cm³/mol. The van der Waals surface area contributed by atoms with Crippen molar-refractivity contribution in [3.63, 3.8) is 0 Å². The molecule has 2 aliphatic heterocycles. The molecule has 2 aliphatic rings. The summed E-state index contributed by atoms with van der Waals surface area (Å²) in [6.45, 7) is 16.0. The van der Waals surface area contributed by atoms with Gasteiger partial charge >= 0.3 is 5.97 Å². The third-order valence-electron chi connectivity index (χ3n) is 15.1. The summed E-state index contributed by atoms with van der Waals surface area (Å²) in [5.74, 6) is -3.53. The monoisotopic (exact) mass is 1100 g/mol. The lowest BCUT2D eigenvalue weighted by molar-refractivity contribution is -0.149. The van der Waals surface area contributed by atoms with E-state index in [1.54, 1.807) is 58.8 Å². The molecule has 0 aliphatic carbocycles. The Bertz CT molecular complexity index is 2950. The maximum absolute atomic E-state index is 15.7. The van der Waals surface area contributed by atoms with Gasteiger partial charge in [-0.05, 0) is 152 Å². The number of likely N-dealkylation sites (N-methyl/N-ethyl adjacent to an activating group) is 1. The number of fused-ring (bicyclic) bond motifs is 3. The van der Waals surface area contributed by atoms with Crippen molar-refractivity contribution in [2.75, 3.05) is 51.6 Å². The Balaban J connectivity index is 1.22. The molecule has 17 heteroatoms. The average molecular weight is 1100 g/mol. The lowest BCUT2D eigenvalue weighted by Crippen LogP contribution is -2.58. The van der Waals surface area contributed by atoms with Gasteiger partial charge in [-0.15, -0.1) is 0 Å². The van der Waals surface area contributed by atoms with E-state index in [1.165, 1.54) is 42.3 Å². The van der Waals surface area contributed by atoms with Crippen LogP contribution < -0.4 is 36.1 Å². The third-order valence-corrected chi connectivity index (χ3v) is 18.7. The second-order valence-electron chi connectivity index (χ2n) is 22.1. The second-order valence-corrected chi connectivity index (χ2v) is 26.5. The van der Waals surface area contributed by atoms with Crippen LogP contribution in [-0.4, -0.2) is 119 Å². The highest BCUT2D eigenvalue weighted by molar-refractivity contribution is 7.02. The molecule has 0 spiro atoms. The summed E-state index contributed by atoms with van der Waals surface area (Å²) in [4.78, 5) is 78.8. The van der Waals surface area contributed by atoms with E-state index >= 15 is 8.78 Å². The van der Waals surface area contributed by atoms with Crippen LogP contribution in [0, 0.1) is 17.6 Å². The van der Waals surface area contributed by atoms with Crippen molar-refractivity contribution in [1.82, 2.24) is 25.8 Å². The number of hydrogen-bond acceptors (Lipinski definition) is 9. The quantitative estimate of drug-likeness (QED) is 0.0194. The predicted octanol–water partition coefficient (Wildman–Crippen LogP) is 8.91. The minimum atomic E-state index is -2.47. The number of benzene rings is 3. The SMILES string of the molecule is C=C(/C=C\C(O)=C/C)[C@H]1CC(=O)O[C@@H](C)CC/C=C(\C)C[C@H](C)C(=O)N[C@@H](CCCCNC(=O)CCC=C2c3cc(F)c(N(C)C)cc3[Si](C)(C)c3cc(N(C)C)c(F)cc32)C(=O)N(C)[C@H](Cc2cc3ccccc3[nH]2)C(=O)N1. The number of anilines is 2. The fourth-order valence-electron chi connectivity index (χ4n) is 10.4. The number of nitrogens with zero attached hydrogens (tertiary/aromatic N) is 3. The maximum Gasteiger partial charge on any atom is 0.308 e. The number of para-hydroxylation sites is 1. The van der Waals surface area contributed by atoms with E-state index in [-0.39, 0.29) is 61.4 Å². The Kier molecular flexibility index (Phi) is 20.9. The second kappa shape index (κ2) is 27.1. The summed E-state index contributed by atoms with van der Waals surface area (Å²) in [6.07, 6.45) is 10.7. The number of rotatable bonds is 15. The largest absolute Gasteiger partial charge is 0.508 e. The fraction of sp³-hybridized carbons (Fsp3) is 0.435. The van der Waals surface area contributed by atoms with E-state index in [1.807, 2.05) is 61.5 Å². The Labute approximate surface area is 466 Å². The lowest BCUT2D eigenvalue weighted by atomic mass is 9.94. The molecule has 1 aromatic heterocycles. The van der Waals surface area contributed by atoms with Crippen molar-refractivity contribution in [3.8, 4) is 0 Å².